The van der Waals surface area contributed by atoms with Crippen molar-refractivity contribution < 1.29 is 14.3 Å². The molecule has 1 aliphatic rings. The highest BCUT2D eigenvalue weighted by atomic mass is 35.5. The zero-order valence-electron chi connectivity index (χ0n) is 15.3. The second kappa shape index (κ2) is 8.10. The van der Waals surface area contributed by atoms with E-state index in [2.05, 4.69) is 10.4 Å². The highest BCUT2D eigenvalue weighted by Gasteiger charge is 2.18. The van der Waals surface area contributed by atoms with Crippen molar-refractivity contribution in [1.82, 2.24) is 9.78 Å². The maximum atomic E-state index is 12.5. The van der Waals surface area contributed by atoms with E-state index in [4.69, 9.17) is 21.1 Å². The fourth-order valence-electron chi connectivity index (χ4n) is 3.11. The van der Waals surface area contributed by atoms with Gasteiger partial charge in [0.1, 0.15) is 12.4 Å². The zero-order chi connectivity index (χ0) is 18.7. The number of rotatable bonds is 6. The van der Waals surface area contributed by atoms with Gasteiger partial charge in [0.2, 0.25) is 5.91 Å². The van der Waals surface area contributed by atoms with Crippen molar-refractivity contribution in [2.24, 2.45) is 7.05 Å². The lowest BCUT2D eigenvalue weighted by Crippen LogP contribution is -2.19. The molecule has 2 aromatic rings. The van der Waals surface area contributed by atoms with Gasteiger partial charge >= 0.3 is 0 Å². The summed E-state index contributed by atoms with van der Waals surface area (Å²) in [5, 5.41) is 7.81. The molecule has 0 unspecified atom stereocenters. The summed E-state index contributed by atoms with van der Waals surface area (Å²) < 4.78 is 13.2. The third-order valence-corrected chi connectivity index (χ3v) is 4.90. The number of nitrogens with one attached hydrogen (secondary N) is 1. The van der Waals surface area contributed by atoms with E-state index in [1.54, 1.807) is 22.9 Å². The Balaban J connectivity index is 1.69. The standard InChI is InChI=1S/C19H24ClN3O3/c1-12-16(13(2)23(3)22-12)10-19(24)21-17-9-14(20)6-7-18(17)26-11-15-5-4-8-25-15/h6-7,9,15H,4-5,8,10-11H2,1-3H3,(H,21,24)/t15-/m1/s1. The molecule has 1 aromatic carbocycles. The highest BCUT2D eigenvalue weighted by molar-refractivity contribution is 6.31. The first-order chi connectivity index (χ1) is 12.4. The van der Waals surface area contributed by atoms with Gasteiger partial charge in [-0.15, -0.1) is 0 Å². The molecule has 1 amide bonds. The number of carbonyl (C=O) groups excluding carboxylic acids is 1. The van der Waals surface area contributed by atoms with Crippen LogP contribution in [0.5, 0.6) is 5.75 Å². The fourth-order valence-corrected chi connectivity index (χ4v) is 3.28. The van der Waals surface area contributed by atoms with Crippen molar-refractivity contribution in [1.29, 1.82) is 0 Å². The van der Waals surface area contributed by atoms with E-state index >= 15 is 0 Å². The Morgan fingerprint density at radius 1 is 1.46 bits per heavy atom. The van der Waals surface area contributed by atoms with E-state index in [1.165, 1.54) is 0 Å². The van der Waals surface area contributed by atoms with Crippen LogP contribution in [0.1, 0.15) is 29.8 Å². The molecule has 7 heteroatoms. The number of hydrogen-bond donors (Lipinski definition) is 1. The van der Waals surface area contributed by atoms with Crippen molar-refractivity contribution in [2.45, 2.75) is 39.2 Å². The normalized spacial score (nSPS) is 16.7. The Labute approximate surface area is 158 Å². The molecule has 1 saturated heterocycles. The summed E-state index contributed by atoms with van der Waals surface area (Å²) in [6, 6.07) is 5.22. The maximum absolute atomic E-state index is 12.5. The van der Waals surface area contributed by atoms with Crippen LogP contribution in [-0.4, -0.2) is 35.0 Å². The molecule has 1 aliphatic heterocycles. The topological polar surface area (TPSA) is 65.4 Å². The largest absolute Gasteiger partial charge is 0.489 e. The third kappa shape index (κ3) is 4.37. The number of amides is 1. The van der Waals surface area contributed by atoms with Crippen LogP contribution in [0, 0.1) is 13.8 Å². The third-order valence-electron chi connectivity index (χ3n) is 4.66. The van der Waals surface area contributed by atoms with Crippen molar-refractivity contribution in [3.05, 3.63) is 40.2 Å². The van der Waals surface area contributed by atoms with Gasteiger partial charge in [0.15, 0.2) is 0 Å². The van der Waals surface area contributed by atoms with E-state index < -0.39 is 0 Å². The summed E-state index contributed by atoms with van der Waals surface area (Å²) in [6.45, 7) is 5.11. The molecule has 0 bridgehead atoms. The quantitative estimate of drug-likeness (QED) is 0.837. The first-order valence-electron chi connectivity index (χ1n) is 8.77. The number of hydrogen-bond acceptors (Lipinski definition) is 4. The number of benzene rings is 1. The summed E-state index contributed by atoms with van der Waals surface area (Å²) in [6.07, 6.45) is 2.41. The molecule has 3 rings (SSSR count). The van der Waals surface area contributed by atoms with Crippen LogP contribution in [0.3, 0.4) is 0 Å². The van der Waals surface area contributed by atoms with Crippen LogP contribution in [0.4, 0.5) is 5.69 Å². The van der Waals surface area contributed by atoms with E-state index in [9.17, 15) is 4.79 Å². The van der Waals surface area contributed by atoms with Gasteiger partial charge in [-0.1, -0.05) is 11.6 Å². The number of ether oxygens (including phenoxy) is 2. The van der Waals surface area contributed by atoms with Gasteiger partial charge in [-0.05, 0) is 44.9 Å². The molecular formula is C19H24ClN3O3. The molecule has 6 nitrogen and oxygen atoms in total. The summed E-state index contributed by atoms with van der Waals surface area (Å²) >= 11 is 6.10. The molecule has 0 saturated carbocycles. The van der Waals surface area contributed by atoms with Gasteiger partial charge < -0.3 is 14.8 Å². The molecule has 1 N–H and O–H groups in total. The predicted octanol–water partition coefficient (Wildman–Crippen LogP) is 3.43. The van der Waals surface area contributed by atoms with Crippen molar-refractivity contribution in [2.75, 3.05) is 18.5 Å². The Bertz CT molecular complexity index is 798. The van der Waals surface area contributed by atoms with E-state index in [-0.39, 0.29) is 18.4 Å². The average Bonchev–Trinajstić information content (AvgIpc) is 3.18. The molecule has 0 spiro atoms. The first-order valence-corrected chi connectivity index (χ1v) is 9.14. The number of aryl methyl sites for hydroxylation is 2. The van der Waals surface area contributed by atoms with Gasteiger partial charge in [-0.3, -0.25) is 9.48 Å². The summed E-state index contributed by atoms with van der Waals surface area (Å²) in [5.41, 5.74) is 3.35. The Morgan fingerprint density at radius 2 is 2.27 bits per heavy atom. The Morgan fingerprint density at radius 3 is 2.92 bits per heavy atom. The van der Waals surface area contributed by atoms with Crippen LogP contribution in [0.25, 0.3) is 0 Å². The van der Waals surface area contributed by atoms with Crippen LogP contribution in [0.2, 0.25) is 5.02 Å². The number of anilines is 1. The smallest absolute Gasteiger partial charge is 0.229 e. The van der Waals surface area contributed by atoms with Gasteiger partial charge in [-0.2, -0.15) is 5.10 Å². The molecule has 0 aliphatic carbocycles. The summed E-state index contributed by atoms with van der Waals surface area (Å²) in [7, 11) is 1.87. The first kappa shape index (κ1) is 18.7. The zero-order valence-corrected chi connectivity index (χ0v) is 16.1. The van der Waals surface area contributed by atoms with Gasteiger partial charge in [-0.25, -0.2) is 0 Å². The van der Waals surface area contributed by atoms with Crippen LogP contribution >= 0.6 is 11.6 Å². The summed E-state index contributed by atoms with van der Waals surface area (Å²) in [4.78, 5) is 12.5. The van der Waals surface area contributed by atoms with E-state index in [0.29, 0.717) is 23.1 Å². The molecule has 1 fully saturated rings. The minimum absolute atomic E-state index is 0.106. The molecule has 26 heavy (non-hydrogen) atoms. The summed E-state index contributed by atoms with van der Waals surface area (Å²) in [5.74, 6) is 0.464. The molecule has 140 valence electrons. The molecule has 0 radical (unpaired) electrons. The van der Waals surface area contributed by atoms with E-state index in [1.807, 2.05) is 20.9 Å². The molecule has 2 heterocycles. The van der Waals surface area contributed by atoms with Crippen molar-refractivity contribution >= 4 is 23.2 Å². The van der Waals surface area contributed by atoms with Crippen molar-refractivity contribution in [3.63, 3.8) is 0 Å². The van der Waals surface area contributed by atoms with Crippen molar-refractivity contribution in [3.8, 4) is 5.75 Å². The second-order valence-corrected chi connectivity index (χ2v) is 7.02. The fraction of sp³-hybridized carbons (Fsp3) is 0.474. The lowest BCUT2D eigenvalue weighted by molar-refractivity contribution is -0.115. The molecule has 1 aromatic heterocycles. The van der Waals surface area contributed by atoms with Gasteiger partial charge in [0, 0.05) is 29.9 Å². The number of nitrogens with zero attached hydrogens (tertiary/aromatic N) is 2. The van der Waals surface area contributed by atoms with E-state index in [0.717, 1.165) is 36.4 Å². The number of carbonyl (C=O) groups is 1. The lowest BCUT2D eigenvalue weighted by Gasteiger charge is -2.15. The molecular weight excluding hydrogens is 354 g/mol. The van der Waals surface area contributed by atoms with Crippen LogP contribution in [0.15, 0.2) is 18.2 Å². The Kier molecular flexibility index (Phi) is 5.84. The van der Waals surface area contributed by atoms with Crippen LogP contribution < -0.4 is 10.1 Å². The average molecular weight is 378 g/mol. The number of aromatic nitrogens is 2. The van der Waals surface area contributed by atoms with Crippen LogP contribution in [-0.2, 0) is 23.0 Å². The predicted molar refractivity (Wildman–Crippen MR) is 101 cm³/mol. The monoisotopic (exact) mass is 377 g/mol. The highest BCUT2D eigenvalue weighted by Crippen LogP contribution is 2.29. The Hall–Kier alpha value is -2.05. The SMILES string of the molecule is Cc1nn(C)c(C)c1CC(=O)Nc1cc(Cl)ccc1OC[C@H]1CCCO1. The number of halogens is 1. The molecule has 1 atom stereocenters. The van der Waals surface area contributed by atoms with Gasteiger partial charge in [0.05, 0.1) is 23.9 Å². The van der Waals surface area contributed by atoms with Gasteiger partial charge in [0.25, 0.3) is 0 Å². The maximum Gasteiger partial charge on any atom is 0.229 e. The minimum Gasteiger partial charge on any atom is -0.489 e. The second-order valence-electron chi connectivity index (χ2n) is 6.58. The lowest BCUT2D eigenvalue weighted by atomic mass is 10.1. The minimum atomic E-state index is -0.131.